The number of ether oxygens (including phenoxy) is 2. The van der Waals surface area contributed by atoms with Gasteiger partial charge >= 0.3 is 5.97 Å². The molecule has 0 aliphatic carbocycles. The second-order valence-corrected chi connectivity index (χ2v) is 4.68. The lowest BCUT2D eigenvalue weighted by Crippen LogP contribution is -2.22. The van der Waals surface area contributed by atoms with Crippen LogP contribution in [-0.4, -0.2) is 44.9 Å². The van der Waals surface area contributed by atoms with Crippen molar-refractivity contribution in [3.05, 3.63) is 17.8 Å². The first kappa shape index (κ1) is 13.6. The number of methoxy groups -OCH3 is 2. The topological polar surface area (TPSA) is 77.7 Å². The molecule has 19 heavy (non-hydrogen) atoms. The SMILES string of the molecule is COCC1CCN(c2cc(C(=O)OC)c(N)cn2)C1. The number of hydrogen-bond acceptors (Lipinski definition) is 6. The summed E-state index contributed by atoms with van der Waals surface area (Å²) in [4.78, 5) is 18.0. The second kappa shape index (κ2) is 5.88. The highest BCUT2D eigenvalue weighted by Gasteiger charge is 2.24. The van der Waals surface area contributed by atoms with Crippen LogP contribution in [0.4, 0.5) is 11.5 Å². The predicted molar refractivity (Wildman–Crippen MR) is 72.2 cm³/mol. The second-order valence-electron chi connectivity index (χ2n) is 4.68. The van der Waals surface area contributed by atoms with Crippen LogP contribution in [0.1, 0.15) is 16.8 Å². The molecular formula is C13H19N3O3. The third-order valence-electron chi connectivity index (χ3n) is 3.34. The zero-order chi connectivity index (χ0) is 13.8. The number of nitrogen functional groups attached to an aromatic ring is 1. The van der Waals surface area contributed by atoms with Crippen molar-refractivity contribution in [1.82, 2.24) is 4.98 Å². The molecule has 104 valence electrons. The van der Waals surface area contributed by atoms with Crippen molar-refractivity contribution >= 4 is 17.5 Å². The largest absolute Gasteiger partial charge is 0.465 e. The van der Waals surface area contributed by atoms with Crippen LogP contribution < -0.4 is 10.6 Å². The number of anilines is 2. The average molecular weight is 265 g/mol. The van der Waals surface area contributed by atoms with Crippen LogP contribution in [0.15, 0.2) is 12.3 Å². The van der Waals surface area contributed by atoms with Crippen molar-refractivity contribution in [2.75, 3.05) is 44.5 Å². The van der Waals surface area contributed by atoms with Crippen molar-refractivity contribution in [3.63, 3.8) is 0 Å². The van der Waals surface area contributed by atoms with E-state index in [-0.39, 0.29) is 0 Å². The number of esters is 1. The smallest absolute Gasteiger partial charge is 0.340 e. The fourth-order valence-electron chi connectivity index (χ4n) is 2.33. The van der Waals surface area contributed by atoms with Crippen molar-refractivity contribution in [2.45, 2.75) is 6.42 Å². The number of carbonyl (C=O) groups is 1. The molecule has 6 heteroatoms. The highest BCUT2D eigenvalue weighted by Crippen LogP contribution is 2.25. The molecule has 1 aliphatic heterocycles. The molecule has 2 heterocycles. The van der Waals surface area contributed by atoms with Gasteiger partial charge in [0.25, 0.3) is 0 Å². The Kier molecular flexibility index (Phi) is 4.21. The molecule has 6 nitrogen and oxygen atoms in total. The van der Waals surface area contributed by atoms with Crippen LogP contribution in [0.2, 0.25) is 0 Å². The molecular weight excluding hydrogens is 246 g/mol. The van der Waals surface area contributed by atoms with Crippen LogP contribution in [0.5, 0.6) is 0 Å². The molecule has 1 aromatic rings. The summed E-state index contributed by atoms with van der Waals surface area (Å²) in [5.74, 6) is 0.827. The van der Waals surface area contributed by atoms with Gasteiger partial charge in [-0.2, -0.15) is 0 Å². The molecule has 1 saturated heterocycles. The number of carbonyl (C=O) groups excluding carboxylic acids is 1. The van der Waals surface area contributed by atoms with Crippen molar-refractivity contribution in [3.8, 4) is 0 Å². The molecule has 0 aromatic carbocycles. The van der Waals surface area contributed by atoms with E-state index in [1.165, 1.54) is 13.3 Å². The Labute approximate surface area is 112 Å². The Bertz CT molecular complexity index is 464. The summed E-state index contributed by atoms with van der Waals surface area (Å²) in [6.07, 6.45) is 2.57. The summed E-state index contributed by atoms with van der Waals surface area (Å²) in [7, 11) is 3.05. The fourth-order valence-corrected chi connectivity index (χ4v) is 2.33. The molecule has 0 bridgehead atoms. The minimum Gasteiger partial charge on any atom is -0.465 e. The van der Waals surface area contributed by atoms with Crippen LogP contribution in [-0.2, 0) is 9.47 Å². The van der Waals surface area contributed by atoms with E-state index in [0.29, 0.717) is 17.2 Å². The highest BCUT2D eigenvalue weighted by molar-refractivity contribution is 5.95. The van der Waals surface area contributed by atoms with E-state index < -0.39 is 5.97 Å². The van der Waals surface area contributed by atoms with Gasteiger partial charge in [-0.25, -0.2) is 9.78 Å². The van der Waals surface area contributed by atoms with Gasteiger partial charge in [0.2, 0.25) is 0 Å². The number of hydrogen-bond donors (Lipinski definition) is 1. The molecule has 1 aliphatic rings. The fraction of sp³-hybridized carbons (Fsp3) is 0.538. The highest BCUT2D eigenvalue weighted by atomic mass is 16.5. The number of nitrogens with two attached hydrogens (primary N) is 1. The van der Waals surface area contributed by atoms with E-state index in [2.05, 4.69) is 9.88 Å². The molecule has 2 rings (SSSR count). The van der Waals surface area contributed by atoms with E-state index >= 15 is 0 Å². The normalized spacial score (nSPS) is 18.6. The predicted octanol–water partition coefficient (Wildman–Crippen LogP) is 0.923. The minimum absolute atomic E-state index is 0.336. The maximum Gasteiger partial charge on any atom is 0.340 e. The van der Waals surface area contributed by atoms with Gasteiger partial charge in [-0.15, -0.1) is 0 Å². The molecule has 0 saturated carbocycles. The van der Waals surface area contributed by atoms with Gasteiger partial charge in [0.15, 0.2) is 0 Å². The maximum absolute atomic E-state index is 11.6. The van der Waals surface area contributed by atoms with E-state index in [4.69, 9.17) is 15.2 Å². The Balaban J connectivity index is 2.15. The molecule has 2 N–H and O–H groups in total. The van der Waals surface area contributed by atoms with Gasteiger partial charge in [0.1, 0.15) is 5.82 Å². The monoisotopic (exact) mass is 265 g/mol. The van der Waals surface area contributed by atoms with Crippen LogP contribution >= 0.6 is 0 Å². The summed E-state index contributed by atoms with van der Waals surface area (Å²) in [6.45, 7) is 2.53. The zero-order valence-electron chi connectivity index (χ0n) is 11.3. The third kappa shape index (κ3) is 2.96. The van der Waals surface area contributed by atoms with Gasteiger partial charge in [-0.3, -0.25) is 0 Å². The Morgan fingerprint density at radius 3 is 3.05 bits per heavy atom. The minimum atomic E-state index is -0.436. The summed E-state index contributed by atoms with van der Waals surface area (Å²) in [5, 5.41) is 0. The Morgan fingerprint density at radius 2 is 2.37 bits per heavy atom. The lowest BCUT2D eigenvalue weighted by molar-refractivity contribution is 0.0602. The third-order valence-corrected chi connectivity index (χ3v) is 3.34. The molecule has 1 atom stereocenters. The van der Waals surface area contributed by atoms with Gasteiger partial charge in [0, 0.05) is 26.1 Å². The van der Waals surface area contributed by atoms with Crippen LogP contribution in [0.3, 0.4) is 0 Å². The first-order chi connectivity index (χ1) is 9.15. The van der Waals surface area contributed by atoms with E-state index in [0.717, 1.165) is 31.9 Å². The van der Waals surface area contributed by atoms with E-state index in [1.54, 1.807) is 13.2 Å². The summed E-state index contributed by atoms with van der Waals surface area (Å²) >= 11 is 0. The first-order valence-electron chi connectivity index (χ1n) is 6.23. The number of rotatable bonds is 4. The van der Waals surface area contributed by atoms with Gasteiger partial charge in [-0.05, 0) is 12.5 Å². The van der Waals surface area contributed by atoms with Crippen molar-refractivity contribution < 1.29 is 14.3 Å². The summed E-state index contributed by atoms with van der Waals surface area (Å²) < 4.78 is 9.88. The molecule has 1 aromatic heterocycles. The van der Waals surface area contributed by atoms with E-state index in [1.807, 2.05) is 0 Å². The Hall–Kier alpha value is -1.82. The number of pyridine rings is 1. The van der Waals surface area contributed by atoms with Crippen LogP contribution in [0.25, 0.3) is 0 Å². The standard InChI is InChI=1S/C13H19N3O3/c1-18-8-9-3-4-16(7-9)12-5-10(13(17)19-2)11(14)6-15-12/h5-6,9H,3-4,7-8,14H2,1-2H3. The molecule has 1 fully saturated rings. The van der Waals surface area contributed by atoms with E-state index in [9.17, 15) is 4.79 Å². The van der Waals surface area contributed by atoms with Gasteiger partial charge in [0.05, 0.1) is 31.2 Å². The summed E-state index contributed by atoms with van der Waals surface area (Å²) in [5.41, 5.74) is 6.44. The Morgan fingerprint density at radius 1 is 1.58 bits per heavy atom. The van der Waals surface area contributed by atoms with Gasteiger partial charge in [-0.1, -0.05) is 0 Å². The summed E-state index contributed by atoms with van der Waals surface area (Å²) in [6, 6.07) is 1.69. The first-order valence-corrected chi connectivity index (χ1v) is 6.23. The molecule has 0 spiro atoms. The van der Waals surface area contributed by atoms with Gasteiger partial charge < -0.3 is 20.1 Å². The van der Waals surface area contributed by atoms with Crippen LogP contribution in [0, 0.1) is 5.92 Å². The zero-order valence-corrected chi connectivity index (χ0v) is 11.3. The average Bonchev–Trinajstić information content (AvgIpc) is 2.87. The quantitative estimate of drug-likeness (QED) is 0.816. The molecule has 0 amide bonds. The lowest BCUT2D eigenvalue weighted by Gasteiger charge is -2.18. The lowest BCUT2D eigenvalue weighted by atomic mass is 10.1. The maximum atomic E-state index is 11.6. The molecule has 1 unspecified atom stereocenters. The number of nitrogens with zero attached hydrogens (tertiary/aromatic N) is 2. The van der Waals surface area contributed by atoms with Crippen molar-refractivity contribution in [1.29, 1.82) is 0 Å². The van der Waals surface area contributed by atoms with Crippen molar-refractivity contribution in [2.24, 2.45) is 5.92 Å². The molecule has 0 radical (unpaired) electrons. The number of aromatic nitrogens is 1.